The van der Waals surface area contributed by atoms with Crippen molar-refractivity contribution < 1.29 is 9.59 Å². The largest absolute Gasteiger partial charge is 0.398 e. The predicted molar refractivity (Wildman–Crippen MR) is 133 cm³/mol. The first-order chi connectivity index (χ1) is 16.4. The predicted octanol–water partition coefficient (Wildman–Crippen LogP) is 4.46. The highest BCUT2D eigenvalue weighted by molar-refractivity contribution is 6.34. The minimum Gasteiger partial charge on any atom is -0.398 e. The van der Waals surface area contributed by atoms with Gasteiger partial charge in [-0.2, -0.15) is 0 Å². The molecule has 0 bridgehead atoms. The van der Waals surface area contributed by atoms with E-state index in [0.29, 0.717) is 22.3 Å². The van der Waals surface area contributed by atoms with Crippen LogP contribution >= 0.6 is 0 Å². The topological polar surface area (TPSA) is 134 Å². The lowest BCUT2D eigenvalue weighted by atomic mass is 9.79. The Hall–Kier alpha value is -4.84. The molecule has 0 saturated heterocycles. The fraction of sp³-hybridized carbons (Fsp3) is 0. The molecule has 6 heteroatoms. The van der Waals surface area contributed by atoms with Gasteiger partial charge in [-0.05, 0) is 24.3 Å². The van der Waals surface area contributed by atoms with Gasteiger partial charge in [-0.3, -0.25) is 20.4 Å². The van der Waals surface area contributed by atoms with Crippen LogP contribution in [0.15, 0.2) is 84.9 Å². The van der Waals surface area contributed by atoms with Crippen molar-refractivity contribution in [3.8, 4) is 0 Å². The zero-order valence-electron chi connectivity index (χ0n) is 18.1. The van der Waals surface area contributed by atoms with Crippen molar-refractivity contribution in [1.29, 1.82) is 10.8 Å². The van der Waals surface area contributed by atoms with Crippen LogP contribution in [0.3, 0.4) is 0 Å². The van der Waals surface area contributed by atoms with Gasteiger partial charge in [-0.1, -0.05) is 60.7 Å². The average molecular weight is 444 g/mol. The molecule has 0 spiro atoms. The fourth-order valence-corrected chi connectivity index (χ4v) is 4.33. The summed E-state index contributed by atoms with van der Waals surface area (Å²) in [6.45, 7) is 0. The number of nitrogens with one attached hydrogen (secondary N) is 2. The van der Waals surface area contributed by atoms with Gasteiger partial charge < -0.3 is 11.5 Å². The molecule has 5 rings (SSSR count). The molecule has 1 aliphatic rings. The molecule has 4 aromatic carbocycles. The maximum absolute atomic E-state index is 13.5. The molecule has 0 unspecified atom stereocenters. The monoisotopic (exact) mass is 444 g/mol. The molecule has 1 aliphatic carbocycles. The Morgan fingerprint density at radius 2 is 0.882 bits per heavy atom. The van der Waals surface area contributed by atoms with Crippen molar-refractivity contribution >= 4 is 34.4 Å². The Kier molecular flexibility index (Phi) is 4.91. The van der Waals surface area contributed by atoms with E-state index in [0.717, 1.165) is 0 Å². The molecular weight excluding hydrogens is 424 g/mol. The summed E-state index contributed by atoms with van der Waals surface area (Å²) in [4.78, 5) is 27.0. The summed E-state index contributed by atoms with van der Waals surface area (Å²) >= 11 is 0. The quantitative estimate of drug-likeness (QED) is 0.240. The number of fused-ring (bicyclic) bond motifs is 2. The van der Waals surface area contributed by atoms with Crippen LogP contribution in [0.5, 0.6) is 0 Å². The van der Waals surface area contributed by atoms with Crippen LogP contribution in [-0.4, -0.2) is 23.0 Å². The molecule has 4 aromatic rings. The Labute approximate surface area is 195 Å². The molecule has 0 fully saturated rings. The first-order valence-electron chi connectivity index (χ1n) is 10.6. The summed E-state index contributed by atoms with van der Waals surface area (Å²) in [5.74, 6) is -0.844. The van der Waals surface area contributed by atoms with E-state index >= 15 is 0 Å². The van der Waals surface area contributed by atoms with Crippen LogP contribution in [0.2, 0.25) is 0 Å². The summed E-state index contributed by atoms with van der Waals surface area (Å²) in [5.41, 5.74) is 15.8. The standard InChI is InChI=1S/C28H20N4O2/c29-23(15-7-3-1-4-8-15)19-13-11-17-21(25(19)31)27(33)18-12-14-20(26(32)22(18)28(17)34)24(30)16-9-5-2-6-10-16/h1-14,29-30H,31-32H2. The zero-order chi connectivity index (χ0) is 24.0. The highest BCUT2D eigenvalue weighted by Gasteiger charge is 2.35. The van der Waals surface area contributed by atoms with Gasteiger partial charge in [0.1, 0.15) is 0 Å². The first-order valence-corrected chi connectivity index (χ1v) is 10.6. The molecule has 0 amide bonds. The Morgan fingerprint density at radius 3 is 1.24 bits per heavy atom. The highest BCUT2D eigenvalue weighted by Crippen LogP contribution is 2.37. The maximum Gasteiger partial charge on any atom is 0.196 e. The molecule has 0 heterocycles. The number of hydrogen-bond acceptors (Lipinski definition) is 6. The van der Waals surface area contributed by atoms with Crippen LogP contribution < -0.4 is 11.5 Å². The SMILES string of the molecule is N=C(c1ccccc1)c1ccc2c(c1N)C(=O)c1ccc(C(=N)c3ccccc3)c(N)c1C2=O. The molecule has 164 valence electrons. The summed E-state index contributed by atoms with van der Waals surface area (Å²) in [5, 5.41) is 17.1. The van der Waals surface area contributed by atoms with Gasteiger partial charge in [0.15, 0.2) is 11.6 Å². The van der Waals surface area contributed by atoms with Crippen LogP contribution in [0.4, 0.5) is 11.4 Å². The number of ketones is 2. The lowest BCUT2D eigenvalue weighted by molar-refractivity contribution is 0.0980. The second kappa shape index (κ2) is 7.94. The molecule has 0 radical (unpaired) electrons. The van der Waals surface area contributed by atoms with E-state index in [1.165, 1.54) is 12.1 Å². The van der Waals surface area contributed by atoms with Crippen molar-refractivity contribution in [2.24, 2.45) is 0 Å². The van der Waals surface area contributed by atoms with Gasteiger partial charge in [0.25, 0.3) is 0 Å². The molecule has 0 aliphatic heterocycles. The minimum atomic E-state index is -0.422. The van der Waals surface area contributed by atoms with Crippen LogP contribution in [0, 0.1) is 10.8 Å². The number of anilines is 2. The third-order valence-electron chi connectivity index (χ3n) is 6.10. The van der Waals surface area contributed by atoms with Crippen molar-refractivity contribution in [3.05, 3.63) is 129 Å². The van der Waals surface area contributed by atoms with E-state index in [9.17, 15) is 9.59 Å². The number of benzene rings is 4. The second-order valence-electron chi connectivity index (χ2n) is 8.04. The summed E-state index contributed by atoms with van der Waals surface area (Å²) in [7, 11) is 0. The van der Waals surface area contributed by atoms with Gasteiger partial charge in [-0.15, -0.1) is 0 Å². The third kappa shape index (κ3) is 3.12. The average Bonchev–Trinajstić information content (AvgIpc) is 2.87. The highest BCUT2D eigenvalue weighted by atomic mass is 16.1. The number of carbonyl (C=O) groups excluding carboxylic acids is 2. The number of nitrogens with two attached hydrogens (primary N) is 2. The van der Waals surface area contributed by atoms with Gasteiger partial charge in [0, 0.05) is 33.4 Å². The molecule has 0 saturated carbocycles. The fourth-order valence-electron chi connectivity index (χ4n) is 4.33. The van der Waals surface area contributed by atoms with E-state index in [-0.39, 0.29) is 45.1 Å². The second-order valence-corrected chi connectivity index (χ2v) is 8.04. The molecule has 6 N–H and O–H groups in total. The van der Waals surface area contributed by atoms with E-state index < -0.39 is 11.6 Å². The Bertz CT molecular complexity index is 1410. The van der Waals surface area contributed by atoms with Crippen molar-refractivity contribution in [2.45, 2.75) is 0 Å². The van der Waals surface area contributed by atoms with E-state index in [4.69, 9.17) is 22.3 Å². The molecular formula is C28H20N4O2. The van der Waals surface area contributed by atoms with Crippen molar-refractivity contribution in [2.75, 3.05) is 11.5 Å². The summed E-state index contributed by atoms with van der Waals surface area (Å²) in [6, 6.07) is 24.3. The smallest absolute Gasteiger partial charge is 0.196 e. The number of carbonyl (C=O) groups is 2. The third-order valence-corrected chi connectivity index (χ3v) is 6.10. The van der Waals surface area contributed by atoms with Gasteiger partial charge >= 0.3 is 0 Å². The van der Waals surface area contributed by atoms with Crippen LogP contribution in [0.25, 0.3) is 0 Å². The number of nitrogen functional groups attached to an aromatic ring is 2. The number of hydrogen-bond donors (Lipinski definition) is 4. The van der Waals surface area contributed by atoms with Crippen molar-refractivity contribution in [3.63, 3.8) is 0 Å². The normalized spacial score (nSPS) is 12.1. The van der Waals surface area contributed by atoms with E-state index in [1.54, 1.807) is 36.4 Å². The molecule has 0 atom stereocenters. The number of rotatable bonds is 4. The maximum atomic E-state index is 13.5. The lowest BCUT2D eigenvalue weighted by Crippen LogP contribution is -2.26. The molecule has 0 aromatic heterocycles. The molecule has 6 nitrogen and oxygen atoms in total. The minimum absolute atomic E-state index is 0.0842. The summed E-state index contributed by atoms with van der Waals surface area (Å²) in [6.07, 6.45) is 0. The Balaban J connectivity index is 1.62. The van der Waals surface area contributed by atoms with Crippen LogP contribution in [-0.2, 0) is 0 Å². The van der Waals surface area contributed by atoms with E-state index in [2.05, 4.69) is 0 Å². The molecule has 34 heavy (non-hydrogen) atoms. The van der Waals surface area contributed by atoms with Gasteiger partial charge in [0.05, 0.1) is 33.9 Å². The summed E-state index contributed by atoms with van der Waals surface area (Å²) < 4.78 is 0. The zero-order valence-corrected chi connectivity index (χ0v) is 18.1. The van der Waals surface area contributed by atoms with Crippen molar-refractivity contribution in [1.82, 2.24) is 0 Å². The first kappa shape index (κ1) is 21.0. The van der Waals surface area contributed by atoms with E-state index in [1.807, 2.05) is 36.4 Å². The lowest BCUT2D eigenvalue weighted by Gasteiger charge is -2.23. The van der Waals surface area contributed by atoms with Crippen LogP contribution in [0.1, 0.15) is 54.1 Å². The van der Waals surface area contributed by atoms with Gasteiger partial charge in [-0.25, -0.2) is 0 Å². The van der Waals surface area contributed by atoms with Gasteiger partial charge in [0.2, 0.25) is 0 Å². The Morgan fingerprint density at radius 1 is 0.529 bits per heavy atom.